The molecule has 7 heteroatoms. The molecule has 1 heterocycles. The Labute approximate surface area is 191 Å². The van der Waals surface area contributed by atoms with Crippen LogP contribution in [-0.2, 0) is 4.79 Å². The quantitative estimate of drug-likeness (QED) is 0.561. The summed E-state index contributed by atoms with van der Waals surface area (Å²) in [6, 6.07) is 22.5. The van der Waals surface area contributed by atoms with Crippen molar-refractivity contribution in [3.8, 4) is 0 Å². The molecule has 1 atom stereocenters. The summed E-state index contributed by atoms with van der Waals surface area (Å²) in [5.41, 5.74) is 4.06. The lowest BCUT2D eigenvalue weighted by atomic mass is 10.1. The van der Waals surface area contributed by atoms with Crippen LogP contribution in [0.15, 0.2) is 72.8 Å². The zero-order chi connectivity index (χ0) is 22.0. The van der Waals surface area contributed by atoms with Crippen molar-refractivity contribution >= 4 is 52.2 Å². The average Bonchev–Trinajstić information content (AvgIpc) is 3.16. The highest BCUT2D eigenvalue weighted by atomic mass is 35.5. The molecule has 0 radical (unpaired) electrons. The fourth-order valence-electron chi connectivity index (χ4n) is 3.44. The zero-order valence-corrected chi connectivity index (χ0v) is 18.8. The largest absolute Gasteiger partial charge is 0.378 e. The van der Waals surface area contributed by atoms with Crippen molar-refractivity contribution in [2.45, 2.75) is 5.37 Å². The van der Waals surface area contributed by atoms with Crippen molar-refractivity contribution < 1.29 is 9.59 Å². The maximum absolute atomic E-state index is 12.6. The third-order valence-electron chi connectivity index (χ3n) is 5.08. The summed E-state index contributed by atoms with van der Waals surface area (Å²) in [5, 5.41) is 3.17. The van der Waals surface area contributed by atoms with Gasteiger partial charge < -0.3 is 10.2 Å². The second-order valence-electron chi connectivity index (χ2n) is 7.39. The van der Waals surface area contributed by atoms with E-state index in [0.29, 0.717) is 22.0 Å². The van der Waals surface area contributed by atoms with Gasteiger partial charge in [0, 0.05) is 31.2 Å². The fourth-order valence-corrected chi connectivity index (χ4v) is 4.84. The summed E-state index contributed by atoms with van der Waals surface area (Å²) in [6.07, 6.45) is 0. The monoisotopic (exact) mass is 451 g/mol. The molecule has 0 aromatic heterocycles. The Balaban J connectivity index is 1.51. The number of rotatable bonds is 5. The number of thioether (sulfide) groups is 1. The first-order chi connectivity index (χ1) is 14.9. The van der Waals surface area contributed by atoms with E-state index in [-0.39, 0.29) is 17.2 Å². The third kappa shape index (κ3) is 4.55. The highest BCUT2D eigenvalue weighted by Gasteiger charge is 2.34. The molecule has 1 saturated heterocycles. The van der Waals surface area contributed by atoms with Gasteiger partial charge in [-0.15, -0.1) is 11.8 Å². The number of nitrogens with zero attached hydrogens (tertiary/aromatic N) is 2. The van der Waals surface area contributed by atoms with E-state index in [1.165, 1.54) is 0 Å². The maximum atomic E-state index is 12.6. The van der Waals surface area contributed by atoms with E-state index >= 15 is 0 Å². The number of carbonyl (C=O) groups excluding carboxylic acids is 2. The average molecular weight is 452 g/mol. The highest BCUT2D eigenvalue weighted by molar-refractivity contribution is 8.00. The van der Waals surface area contributed by atoms with Crippen LogP contribution in [0.3, 0.4) is 0 Å². The molecular formula is C24H22ClN3O2S. The number of carbonyl (C=O) groups is 2. The Morgan fingerprint density at radius 1 is 1.03 bits per heavy atom. The molecule has 5 nitrogen and oxygen atoms in total. The maximum Gasteiger partial charge on any atom is 0.257 e. The van der Waals surface area contributed by atoms with Gasteiger partial charge in [-0.1, -0.05) is 35.9 Å². The molecule has 4 rings (SSSR count). The van der Waals surface area contributed by atoms with Crippen molar-refractivity contribution in [2.75, 3.05) is 35.0 Å². The number of anilines is 3. The van der Waals surface area contributed by atoms with Gasteiger partial charge in [-0.2, -0.15) is 0 Å². The Kier molecular flexibility index (Phi) is 6.20. The van der Waals surface area contributed by atoms with E-state index in [1.807, 2.05) is 72.4 Å². The van der Waals surface area contributed by atoms with E-state index in [1.54, 1.807) is 36.0 Å². The lowest BCUT2D eigenvalue weighted by Crippen LogP contribution is -2.27. The van der Waals surface area contributed by atoms with Crippen LogP contribution in [0.5, 0.6) is 0 Å². The minimum atomic E-state index is -0.258. The van der Waals surface area contributed by atoms with Crippen LogP contribution in [0.1, 0.15) is 21.3 Å². The Bertz CT molecular complexity index is 1100. The topological polar surface area (TPSA) is 52.6 Å². The highest BCUT2D eigenvalue weighted by Crippen LogP contribution is 2.42. The van der Waals surface area contributed by atoms with Crippen LogP contribution in [0, 0.1) is 0 Å². The van der Waals surface area contributed by atoms with Crippen molar-refractivity contribution in [3.05, 3.63) is 88.9 Å². The summed E-state index contributed by atoms with van der Waals surface area (Å²) in [4.78, 5) is 28.9. The van der Waals surface area contributed by atoms with E-state index in [9.17, 15) is 9.59 Å². The first-order valence-electron chi connectivity index (χ1n) is 9.81. The number of halogens is 1. The van der Waals surface area contributed by atoms with Gasteiger partial charge in [0.25, 0.3) is 5.91 Å². The molecule has 3 aromatic carbocycles. The molecule has 1 aliphatic heterocycles. The summed E-state index contributed by atoms with van der Waals surface area (Å²) in [7, 11) is 3.97. The van der Waals surface area contributed by atoms with Gasteiger partial charge in [-0.05, 0) is 54.1 Å². The second kappa shape index (κ2) is 9.04. The number of benzene rings is 3. The van der Waals surface area contributed by atoms with Gasteiger partial charge >= 0.3 is 0 Å². The smallest absolute Gasteiger partial charge is 0.257 e. The molecule has 1 aliphatic rings. The van der Waals surface area contributed by atoms with Gasteiger partial charge in [-0.25, -0.2) is 0 Å². The fraction of sp³-hybridized carbons (Fsp3) is 0.167. The lowest BCUT2D eigenvalue weighted by molar-refractivity contribution is -0.115. The number of amides is 2. The minimum Gasteiger partial charge on any atom is -0.378 e. The first kappa shape index (κ1) is 21.3. The molecule has 0 saturated carbocycles. The summed E-state index contributed by atoms with van der Waals surface area (Å²) < 4.78 is 0. The Morgan fingerprint density at radius 3 is 2.35 bits per heavy atom. The van der Waals surface area contributed by atoms with E-state index in [4.69, 9.17) is 11.6 Å². The molecular weight excluding hydrogens is 430 g/mol. The van der Waals surface area contributed by atoms with Gasteiger partial charge in [0.15, 0.2) is 0 Å². The molecule has 0 unspecified atom stereocenters. The van der Waals surface area contributed by atoms with Crippen LogP contribution in [0.25, 0.3) is 0 Å². The minimum absolute atomic E-state index is 0.0868. The Morgan fingerprint density at radius 2 is 1.71 bits per heavy atom. The van der Waals surface area contributed by atoms with Crippen molar-refractivity contribution in [1.29, 1.82) is 0 Å². The molecule has 1 fully saturated rings. The molecule has 1 N–H and O–H groups in total. The molecule has 31 heavy (non-hydrogen) atoms. The standard InChI is InChI=1S/C24H22ClN3O2S/c1-27(2)18-11-13-19(14-12-18)28-22(29)15-31-24(28)16-7-9-17(10-8-16)26-23(30)20-5-3-4-6-21(20)25/h3-14,24H,15H2,1-2H3,(H,26,30)/t24-/m1/s1. The van der Waals surface area contributed by atoms with E-state index in [2.05, 4.69) is 5.32 Å². The Hall–Kier alpha value is -2.96. The predicted molar refractivity (Wildman–Crippen MR) is 129 cm³/mol. The van der Waals surface area contributed by atoms with E-state index < -0.39 is 0 Å². The predicted octanol–water partition coefficient (Wildman–Crippen LogP) is 5.44. The van der Waals surface area contributed by atoms with Crippen LogP contribution in [-0.4, -0.2) is 31.7 Å². The number of nitrogens with one attached hydrogen (secondary N) is 1. The van der Waals surface area contributed by atoms with Crippen LogP contribution in [0.4, 0.5) is 17.1 Å². The normalized spacial score (nSPS) is 15.8. The van der Waals surface area contributed by atoms with Crippen LogP contribution >= 0.6 is 23.4 Å². The van der Waals surface area contributed by atoms with Crippen LogP contribution in [0.2, 0.25) is 5.02 Å². The summed E-state index contributed by atoms with van der Waals surface area (Å²) in [5.74, 6) is 0.264. The molecule has 158 valence electrons. The molecule has 0 spiro atoms. The van der Waals surface area contributed by atoms with Gasteiger partial charge in [0.1, 0.15) is 5.37 Å². The molecule has 0 bridgehead atoms. The van der Waals surface area contributed by atoms with Crippen molar-refractivity contribution in [3.63, 3.8) is 0 Å². The van der Waals surface area contributed by atoms with Crippen molar-refractivity contribution in [1.82, 2.24) is 0 Å². The second-order valence-corrected chi connectivity index (χ2v) is 8.87. The molecule has 0 aliphatic carbocycles. The third-order valence-corrected chi connectivity index (χ3v) is 6.63. The zero-order valence-electron chi connectivity index (χ0n) is 17.2. The SMILES string of the molecule is CN(C)c1ccc(N2C(=O)CS[C@@H]2c2ccc(NC(=O)c3ccccc3Cl)cc2)cc1. The van der Waals surface area contributed by atoms with Crippen molar-refractivity contribution in [2.24, 2.45) is 0 Å². The van der Waals surface area contributed by atoms with Crippen LogP contribution < -0.4 is 15.1 Å². The number of hydrogen-bond donors (Lipinski definition) is 1. The summed E-state index contributed by atoms with van der Waals surface area (Å²) >= 11 is 7.70. The van der Waals surface area contributed by atoms with Gasteiger partial charge in [0.05, 0.1) is 16.3 Å². The first-order valence-corrected chi connectivity index (χ1v) is 11.2. The molecule has 3 aromatic rings. The van der Waals surface area contributed by atoms with E-state index in [0.717, 1.165) is 16.9 Å². The van der Waals surface area contributed by atoms with Gasteiger partial charge in [0.2, 0.25) is 5.91 Å². The lowest BCUT2D eigenvalue weighted by Gasteiger charge is -2.25. The summed E-state index contributed by atoms with van der Waals surface area (Å²) in [6.45, 7) is 0. The number of hydrogen-bond acceptors (Lipinski definition) is 4. The molecule has 2 amide bonds. The van der Waals surface area contributed by atoms with Gasteiger partial charge in [-0.3, -0.25) is 14.5 Å².